The number of ketones is 2. The van der Waals surface area contributed by atoms with Gasteiger partial charge in [-0.2, -0.15) is 0 Å². The molecule has 0 radical (unpaired) electrons. The van der Waals surface area contributed by atoms with Gasteiger partial charge in [-0.1, -0.05) is 20.8 Å². The predicted molar refractivity (Wildman–Crippen MR) is 86.6 cm³/mol. The molecule has 4 fully saturated rings. The summed E-state index contributed by atoms with van der Waals surface area (Å²) in [6, 6.07) is 0. The Balaban J connectivity index is 1.71. The van der Waals surface area contributed by atoms with E-state index in [0.29, 0.717) is 41.8 Å². The number of halogens is 1. The highest BCUT2D eigenvalue weighted by Gasteiger charge is 2.63. The zero-order chi connectivity index (χ0) is 16.6. The minimum Gasteiger partial charge on any atom is -0.299 e. The lowest BCUT2D eigenvalue weighted by Crippen LogP contribution is -2.58. The largest absolute Gasteiger partial charge is 0.299 e. The lowest BCUT2D eigenvalue weighted by Gasteiger charge is -2.59. The van der Waals surface area contributed by atoms with Gasteiger partial charge in [-0.25, -0.2) is 4.39 Å². The summed E-state index contributed by atoms with van der Waals surface area (Å²) in [6.45, 7) is 6.91. The molecule has 4 aliphatic rings. The van der Waals surface area contributed by atoms with Crippen molar-refractivity contribution >= 4 is 11.6 Å². The van der Waals surface area contributed by atoms with Gasteiger partial charge in [0.2, 0.25) is 0 Å². The molecule has 0 aliphatic heterocycles. The van der Waals surface area contributed by atoms with Crippen molar-refractivity contribution in [2.45, 2.75) is 71.9 Å². The van der Waals surface area contributed by atoms with Gasteiger partial charge in [-0.3, -0.25) is 9.59 Å². The topological polar surface area (TPSA) is 34.1 Å². The zero-order valence-corrected chi connectivity index (χ0v) is 14.6. The number of carbonyl (C=O) groups excluding carboxylic acids is 2. The smallest absolute Gasteiger partial charge is 0.167 e. The molecule has 128 valence electrons. The van der Waals surface area contributed by atoms with Crippen LogP contribution in [0, 0.1) is 40.4 Å². The molecule has 0 heterocycles. The second-order valence-corrected chi connectivity index (χ2v) is 9.48. The van der Waals surface area contributed by atoms with Crippen molar-refractivity contribution in [3.63, 3.8) is 0 Å². The summed E-state index contributed by atoms with van der Waals surface area (Å²) in [5.41, 5.74) is 0.138. The maximum Gasteiger partial charge on any atom is 0.167 e. The molecule has 0 N–H and O–H groups in total. The van der Waals surface area contributed by atoms with Crippen molar-refractivity contribution < 1.29 is 14.0 Å². The van der Waals surface area contributed by atoms with E-state index in [4.69, 9.17) is 0 Å². The molecule has 2 nitrogen and oxygen atoms in total. The quantitative estimate of drug-likeness (QED) is 0.664. The van der Waals surface area contributed by atoms with Crippen molar-refractivity contribution in [1.29, 1.82) is 0 Å². The number of alkyl halides is 1. The monoisotopic (exact) mass is 320 g/mol. The van der Waals surface area contributed by atoms with Crippen LogP contribution in [0.5, 0.6) is 0 Å². The first-order valence-corrected chi connectivity index (χ1v) is 9.47. The van der Waals surface area contributed by atoms with Crippen molar-refractivity contribution in [1.82, 2.24) is 0 Å². The van der Waals surface area contributed by atoms with Gasteiger partial charge in [0.1, 0.15) is 5.78 Å². The van der Waals surface area contributed by atoms with Crippen LogP contribution < -0.4 is 0 Å². The first-order valence-electron chi connectivity index (χ1n) is 9.47. The van der Waals surface area contributed by atoms with Gasteiger partial charge >= 0.3 is 0 Å². The predicted octanol–water partition coefficient (Wildman–Crippen LogP) is 4.36. The molecule has 8 atom stereocenters. The highest BCUT2D eigenvalue weighted by atomic mass is 19.1. The van der Waals surface area contributed by atoms with Crippen LogP contribution in [0.1, 0.15) is 65.7 Å². The number of rotatable bonds is 0. The molecule has 23 heavy (non-hydrogen) atoms. The fourth-order valence-electron chi connectivity index (χ4n) is 7.00. The third-order valence-electron chi connectivity index (χ3n) is 8.76. The van der Waals surface area contributed by atoms with Crippen molar-refractivity contribution in [2.24, 2.45) is 40.4 Å². The molecule has 0 aromatic carbocycles. The SMILES string of the molecule is C[C@H]1CCC2C3C(=O)C[C@@H]4CC(=O)[C@@H](F)C[C@]4(C)C3CCC21C. The van der Waals surface area contributed by atoms with Crippen LogP contribution in [0.15, 0.2) is 0 Å². The molecule has 0 bridgehead atoms. The Hall–Kier alpha value is -0.730. The van der Waals surface area contributed by atoms with E-state index in [-0.39, 0.29) is 29.5 Å². The van der Waals surface area contributed by atoms with Gasteiger partial charge in [0.25, 0.3) is 0 Å². The summed E-state index contributed by atoms with van der Waals surface area (Å²) in [4.78, 5) is 24.8. The van der Waals surface area contributed by atoms with Gasteiger partial charge in [0.15, 0.2) is 12.0 Å². The lowest BCUT2D eigenvalue weighted by molar-refractivity contribution is -0.162. The molecule has 0 spiro atoms. The summed E-state index contributed by atoms with van der Waals surface area (Å²) >= 11 is 0. The van der Waals surface area contributed by atoms with Gasteiger partial charge in [-0.05, 0) is 66.6 Å². The van der Waals surface area contributed by atoms with E-state index >= 15 is 0 Å². The standard InChI is InChI=1S/C20H29FO2/c1-11-4-5-13-18-14(6-7-19(11,13)2)20(3)10-15(21)16(22)8-12(20)9-17(18)23/h11-15,18H,4-10H2,1-3H3/t11-,12-,13?,14?,15-,18?,19?,20-/m0/s1. The Bertz CT molecular complexity index is 558. The molecule has 4 unspecified atom stereocenters. The fraction of sp³-hybridized carbons (Fsp3) is 0.900. The molecule has 0 amide bonds. The van der Waals surface area contributed by atoms with Crippen LogP contribution in [0.25, 0.3) is 0 Å². The van der Waals surface area contributed by atoms with Crippen LogP contribution in [-0.4, -0.2) is 17.7 Å². The first kappa shape index (κ1) is 15.8. The Kier molecular flexibility index (Phi) is 3.36. The van der Waals surface area contributed by atoms with Crippen LogP contribution in [0.3, 0.4) is 0 Å². The van der Waals surface area contributed by atoms with E-state index in [2.05, 4.69) is 20.8 Å². The Morgan fingerprint density at radius 2 is 1.61 bits per heavy atom. The summed E-state index contributed by atoms with van der Waals surface area (Å²) in [5, 5.41) is 0. The molecule has 0 saturated heterocycles. The van der Waals surface area contributed by atoms with E-state index in [1.165, 1.54) is 12.8 Å². The van der Waals surface area contributed by atoms with Gasteiger partial charge < -0.3 is 0 Å². The maximum absolute atomic E-state index is 14.2. The Morgan fingerprint density at radius 1 is 0.957 bits per heavy atom. The maximum atomic E-state index is 14.2. The average Bonchev–Trinajstić information content (AvgIpc) is 2.78. The number of Topliss-reactive ketones (excluding diaryl/α,β-unsaturated/α-hetero) is 2. The molecular formula is C20H29FO2. The summed E-state index contributed by atoms with van der Waals surface area (Å²) < 4.78 is 14.2. The summed E-state index contributed by atoms with van der Waals surface area (Å²) in [7, 11) is 0. The van der Waals surface area contributed by atoms with Crippen LogP contribution in [-0.2, 0) is 9.59 Å². The summed E-state index contributed by atoms with van der Waals surface area (Å²) in [5.74, 6) is 1.79. The van der Waals surface area contributed by atoms with E-state index in [1.807, 2.05) is 0 Å². The van der Waals surface area contributed by atoms with E-state index in [1.54, 1.807) is 0 Å². The van der Waals surface area contributed by atoms with Crippen molar-refractivity contribution in [2.75, 3.05) is 0 Å². The minimum atomic E-state index is -1.30. The van der Waals surface area contributed by atoms with E-state index < -0.39 is 6.17 Å². The fourth-order valence-corrected chi connectivity index (χ4v) is 7.00. The normalized spacial score (nSPS) is 56.0. The third-order valence-corrected chi connectivity index (χ3v) is 8.76. The second-order valence-electron chi connectivity index (χ2n) is 9.48. The number of fused-ring (bicyclic) bond motifs is 5. The highest BCUT2D eigenvalue weighted by Crippen LogP contribution is 2.66. The number of hydrogen-bond acceptors (Lipinski definition) is 2. The van der Waals surface area contributed by atoms with E-state index in [0.717, 1.165) is 12.8 Å². The average molecular weight is 320 g/mol. The molecule has 0 aromatic rings. The van der Waals surface area contributed by atoms with Crippen LogP contribution >= 0.6 is 0 Å². The Labute approximate surface area is 138 Å². The van der Waals surface area contributed by atoms with Gasteiger partial charge in [0, 0.05) is 18.8 Å². The second kappa shape index (κ2) is 4.89. The van der Waals surface area contributed by atoms with Crippen molar-refractivity contribution in [3.05, 3.63) is 0 Å². The number of hydrogen-bond donors (Lipinski definition) is 0. The summed E-state index contributed by atoms with van der Waals surface area (Å²) in [6.07, 6.45) is 4.43. The minimum absolute atomic E-state index is 0.0823. The van der Waals surface area contributed by atoms with Gasteiger partial charge in [0.05, 0.1) is 0 Å². The molecule has 0 aromatic heterocycles. The zero-order valence-electron chi connectivity index (χ0n) is 14.6. The Morgan fingerprint density at radius 3 is 2.35 bits per heavy atom. The number of carbonyl (C=O) groups is 2. The van der Waals surface area contributed by atoms with Crippen molar-refractivity contribution in [3.8, 4) is 0 Å². The van der Waals surface area contributed by atoms with Gasteiger partial charge in [-0.15, -0.1) is 0 Å². The highest BCUT2D eigenvalue weighted by molar-refractivity contribution is 5.88. The molecule has 3 heteroatoms. The van der Waals surface area contributed by atoms with Crippen LogP contribution in [0.4, 0.5) is 4.39 Å². The first-order chi connectivity index (χ1) is 10.8. The molecule has 4 aliphatic carbocycles. The third kappa shape index (κ3) is 1.97. The molecular weight excluding hydrogens is 291 g/mol. The van der Waals surface area contributed by atoms with Crippen LogP contribution in [0.2, 0.25) is 0 Å². The molecule has 4 saturated carbocycles. The van der Waals surface area contributed by atoms with E-state index in [9.17, 15) is 14.0 Å². The molecule has 4 rings (SSSR count). The lowest BCUT2D eigenvalue weighted by atomic mass is 9.44.